The fourth-order valence-electron chi connectivity index (χ4n) is 3.80. The van der Waals surface area contributed by atoms with E-state index < -0.39 is 0 Å². The quantitative estimate of drug-likeness (QED) is 0.709. The lowest BCUT2D eigenvalue weighted by Gasteiger charge is -2.29. The number of nitrogens with zero attached hydrogens (tertiary/aromatic N) is 1. The highest BCUT2D eigenvalue weighted by molar-refractivity contribution is 5.91. The van der Waals surface area contributed by atoms with Gasteiger partial charge in [0.05, 0.1) is 0 Å². The summed E-state index contributed by atoms with van der Waals surface area (Å²) < 4.78 is 0. The van der Waals surface area contributed by atoms with E-state index in [1.807, 2.05) is 4.90 Å². The van der Waals surface area contributed by atoms with Crippen molar-refractivity contribution >= 4 is 11.8 Å². The Morgan fingerprint density at radius 2 is 2.28 bits per heavy atom. The number of amides is 2. The number of nitrogens with one attached hydrogen (secondary N) is 2. The third-order valence-electron chi connectivity index (χ3n) is 4.71. The summed E-state index contributed by atoms with van der Waals surface area (Å²) in [6.45, 7) is 5.08. The van der Waals surface area contributed by atoms with Gasteiger partial charge in [-0.15, -0.1) is 0 Å². The predicted molar refractivity (Wildman–Crippen MR) is 66.8 cm³/mol. The molecule has 4 atom stereocenters. The van der Waals surface area contributed by atoms with Crippen molar-refractivity contribution in [1.29, 1.82) is 0 Å². The summed E-state index contributed by atoms with van der Waals surface area (Å²) in [6.07, 6.45) is 2.17. The van der Waals surface area contributed by atoms with Gasteiger partial charge in [-0.1, -0.05) is 6.92 Å². The molecule has 3 saturated heterocycles. The highest BCUT2D eigenvalue weighted by Crippen LogP contribution is 2.35. The molecule has 3 heterocycles. The van der Waals surface area contributed by atoms with E-state index in [1.165, 1.54) is 0 Å². The van der Waals surface area contributed by atoms with Crippen LogP contribution >= 0.6 is 0 Å². The highest BCUT2D eigenvalue weighted by atomic mass is 16.2. The Morgan fingerprint density at radius 1 is 1.44 bits per heavy atom. The molecule has 3 aliphatic rings. The Morgan fingerprint density at radius 3 is 2.94 bits per heavy atom. The second kappa shape index (κ2) is 4.53. The second-order valence-corrected chi connectivity index (χ2v) is 5.71. The summed E-state index contributed by atoms with van der Waals surface area (Å²) in [5, 5.41) is 6.21. The molecule has 0 saturated carbocycles. The van der Waals surface area contributed by atoms with Gasteiger partial charge in [0.2, 0.25) is 11.8 Å². The van der Waals surface area contributed by atoms with Crippen LogP contribution < -0.4 is 10.6 Å². The van der Waals surface area contributed by atoms with Gasteiger partial charge in [0.25, 0.3) is 0 Å². The number of rotatable bonds is 2. The van der Waals surface area contributed by atoms with Crippen molar-refractivity contribution < 1.29 is 9.59 Å². The summed E-state index contributed by atoms with van der Waals surface area (Å²) in [4.78, 5) is 25.7. The zero-order chi connectivity index (χ0) is 12.7. The lowest BCUT2D eigenvalue weighted by molar-refractivity contribution is -0.135. The normalized spacial score (nSPS) is 38.9. The number of carbonyl (C=O) groups excluding carboxylic acids is 2. The van der Waals surface area contributed by atoms with Crippen molar-refractivity contribution in [3.8, 4) is 0 Å². The molecule has 3 unspecified atom stereocenters. The highest BCUT2D eigenvalue weighted by Gasteiger charge is 2.46. The third kappa shape index (κ3) is 1.81. The molecule has 2 amide bonds. The molecule has 3 fully saturated rings. The second-order valence-electron chi connectivity index (χ2n) is 5.71. The zero-order valence-electron chi connectivity index (χ0n) is 10.8. The maximum absolute atomic E-state index is 12.5. The molecule has 3 aliphatic heterocycles. The molecule has 0 aliphatic carbocycles. The summed E-state index contributed by atoms with van der Waals surface area (Å²) in [7, 11) is 0. The van der Waals surface area contributed by atoms with Crippen LogP contribution in [-0.2, 0) is 9.59 Å². The van der Waals surface area contributed by atoms with Gasteiger partial charge < -0.3 is 15.5 Å². The minimum absolute atomic E-state index is 0.0162. The van der Waals surface area contributed by atoms with Crippen molar-refractivity contribution in [3.05, 3.63) is 0 Å². The largest absolute Gasteiger partial charge is 0.344 e. The van der Waals surface area contributed by atoms with Gasteiger partial charge in [0, 0.05) is 32.1 Å². The van der Waals surface area contributed by atoms with Crippen LogP contribution in [0.4, 0.5) is 0 Å². The molecule has 0 aromatic heterocycles. The minimum atomic E-state index is -0.265. The Balaban J connectivity index is 1.72. The van der Waals surface area contributed by atoms with Crippen LogP contribution in [-0.4, -0.2) is 48.4 Å². The Bertz CT molecular complexity index is 371. The van der Waals surface area contributed by atoms with Crippen LogP contribution in [0, 0.1) is 11.8 Å². The molecule has 0 spiro atoms. The molecule has 0 aromatic carbocycles. The van der Waals surface area contributed by atoms with Gasteiger partial charge in [-0.05, 0) is 24.7 Å². The zero-order valence-corrected chi connectivity index (χ0v) is 10.8. The first-order valence-electron chi connectivity index (χ1n) is 7.01. The fraction of sp³-hybridized carbons (Fsp3) is 0.846. The van der Waals surface area contributed by atoms with Gasteiger partial charge in [0.15, 0.2) is 0 Å². The van der Waals surface area contributed by atoms with E-state index in [-0.39, 0.29) is 17.9 Å². The summed E-state index contributed by atoms with van der Waals surface area (Å²) in [5.41, 5.74) is 0. The molecule has 5 nitrogen and oxygen atoms in total. The van der Waals surface area contributed by atoms with E-state index in [0.29, 0.717) is 30.7 Å². The van der Waals surface area contributed by atoms with Crippen molar-refractivity contribution in [2.75, 3.05) is 19.6 Å². The Labute approximate surface area is 107 Å². The predicted octanol–water partition coefficient (Wildman–Crippen LogP) is -0.279. The van der Waals surface area contributed by atoms with Crippen molar-refractivity contribution in [2.45, 2.75) is 38.3 Å². The molecular weight excluding hydrogens is 230 g/mol. The fourth-order valence-corrected chi connectivity index (χ4v) is 3.80. The van der Waals surface area contributed by atoms with Crippen LogP contribution in [0.2, 0.25) is 0 Å². The first kappa shape index (κ1) is 12.0. The number of likely N-dealkylation sites (tertiary alicyclic amines) is 1. The molecular formula is C13H21N3O2. The van der Waals surface area contributed by atoms with Crippen molar-refractivity contribution in [1.82, 2.24) is 15.5 Å². The van der Waals surface area contributed by atoms with E-state index in [1.54, 1.807) is 0 Å². The maximum Gasteiger partial charge on any atom is 0.245 e. The van der Waals surface area contributed by atoms with E-state index in [2.05, 4.69) is 17.6 Å². The first-order valence-corrected chi connectivity index (χ1v) is 7.01. The summed E-state index contributed by atoms with van der Waals surface area (Å²) in [6, 6.07) is 0.0911. The van der Waals surface area contributed by atoms with Gasteiger partial charge in [-0.3, -0.25) is 9.59 Å². The van der Waals surface area contributed by atoms with E-state index in [0.717, 1.165) is 26.1 Å². The smallest absolute Gasteiger partial charge is 0.245 e. The van der Waals surface area contributed by atoms with E-state index >= 15 is 0 Å². The average molecular weight is 251 g/mol. The van der Waals surface area contributed by atoms with Crippen LogP contribution in [0.1, 0.15) is 26.2 Å². The lowest BCUT2D eigenvalue weighted by Crippen LogP contribution is -2.48. The van der Waals surface area contributed by atoms with E-state index in [9.17, 15) is 9.59 Å². The van der Waals surface area contributed by atoms with Gasteiger partial charge in [0.1, 0.15) is 6.04 Å². The Kier molecular flexibility index (Phi) is 3.01. The topological polar surface area (TPSA) is 61.4 Å². The Hall–Kier alpha value is -1.10. The molecule has 100 valence electrons. The number of carbonyl (C=O) groups is 2. The number of hydrogen-bond donors (Lipinski definition) is 2. The number of fused-ring (bicyclic) bond motifs is 1. The monoisotopic (exact) mass is 251 g/mol. The van der Waals surface area contributed by atoms with Crippen LogP contribution in [0.5, 0.6) is 0 Å². The van der Waals surface area contributed by atoms with Gasteiger partial charge in [-0.25, -0.2) is 0 Å². The minimum Gasteiger partial charge on any atom is -0.344 e. The van der Waals surface area contributed by atoms with Gasteiger partial charge >= 0.3 is 0 Å². The molecule has 0 aromatic rings. The SMILES string of the molecule is CCC1C2CNCC2CN1C(=O)[C@@H]1CCC(=O)N1. The van der Waals surface area contributed by atoms with Crippen LogP contribution in [0.15, 0.2) is 0 Å². The first-order chi connectivity index (χ1) is 8.70. The maximum atomic E-state index is 12.5. The molecule has 18 heavy (non-hydrogen) atoms. The molecule has 3 rings (SSSR count). The van der Waals surface area contributed by atoms with Gasteiger partial charge in [-0.2, -0.15) is 0 Å². The van der Waals surface area contributed by atoms with E-state index in [4.69, 9.17) is 0 Å². The summed E-state index contributed by atoms with van der Waals surface area (Å²) >= 11 is 0. The number of hydrogen-bond acceptors (Lipinski definition) is 3. The standard InChI is InChI=1S/C13H21N3O2/c1-2-11-9-6-14-5-8(9)7-16(11)13(18)10-3-4-12(17)15-10/h8-11,14H,2-7H2,1H3,(H,15,17)/t8?,9?,10-,11?/m0/s1. The van der Waals surface area contributed by atoms with Crippen molar-refractivity contribution in [2.24, 2.45) is 11.8 Å². The molecule has 0 radical (unpaired) electrons. The third-order valence-corrected chi connectivity index (χ3v) is 4.71. The van der Waals surface area contributed by atoms with Crippen LogP contribution in [0.25, 0.3) is 0 Å². The summed E-state index contributed by atoms with van der Waals surface area (Å²) in [5.74, 6) is 1.37. The molecule has 5 heteroatoms. The molecule has 0 bridgehead atoms. The van der Waals surface area contributed by atoms with Crippen LogP contribution in [0.3, 0.4) is 0 Å². The average Bonchev–Trinajstić information content (AvgIpc) is 3.01. The lowest BCUT2D eigenvalue weighted by atomic mass is 9.93. The molecule has 2 N–H and O–H groups in total. The van der Waals surface area contributed by atoms with Crippen molar-refractivity contribution in [3.63, 3.8) is 0 Å².